The standard InChI is InChI=1S/C16H31N3O6S/c1-12(2)19(13(3)4)15(20)10-17-6-7-25-14(8-17)9-18(11-16(21)22)26(5,23)24/h12-14H,6-11H2,1-5H3,(H,21,22). The zero-order valence-electron chi connectivity index (χ0n) is 16.2. The van der Waals surface area contributed by atoms with Gasteiger partial charge in [-0.1, -0.05) is 0 Å². The molecule has 26 heavy (non-hydrogen) atoms. The molecule has 0 spiro atoms. The number of rotatable bonds is 9. The summed E-state index contributed by atoms with van der Waals surface area (Å²) in [6.07, 6.45) is 0.501. The second-order valence-corrected chi connectivity index (χ2v) is 9.15. The minimum atomic E-state index is -3.66. The van der Waals surface area contributed by atoms with Gasteiger partial charge in [0.05, 0.1) is 25.5 Å². The topological polar surface area (TPSA) is 107 Å². The molecule has 1 saturated heterocycles. The summed E-state index contributed by atoms with van der Waals surface area (Å²) >= 11 is 0. The van der Waals surface area contributed by atoms with Crippen molar-refractivity contribution in [2.75, 3.05) is 45.6 Å². The highest BCUT2D eigenvalue weighted by atomic mass is 32.2. The molecule has 1 N–H and O–H groups in total. The fourth-order valence-corrected chi connectivity index (χ4v) is 3.96. The summed E-state index contributed by atoms with van der Waals surface area (Å²) < 4.78 is 30.0. The van der Waals surface area contributed by atoms with Gasteiger partial charge >= 0.3 is 5.97 Å². The average Bonchev–Trinajstić information content (AvgIpc) is 2.44. The van der Waals surface area contributed by atoms with E-state index in [1.807, 2.05) is 37.5 Å². The number of carboxylic acid groups (broad SMARTS) is 1. The van der Waals surface area contributed by atoms with Crippen LogP contribution >= 0.6 is 0 Å². The number of ether oxygens (including phenoxy) is 1. The molecule has 1 heterocycles. The fraction of sp³-hybridized carbons (Fsp3) is 0.875. The van der Waals surface area contributed by atoms with Crippen LogP contribution in [0.1, 0.15) is 27.7 Å². The molecule has 1 atom stereocenters. The van der Waals surface area contributed by atoms with Gasteiger partial charge in [0.25, 0.3) is 0 Å². The van der Waals surface area contributed by atoms with E-state index < -0.39 is 28.6 Å². The van der Waals surface area contributed by atoms with Crippen LogP contribution in [0.25, 0.3) is 0 Å². The van der Waals surface area contributed by atoms with Crippen molar-refractivity contribution >= 4 is 21.9 Å². The van der Waals surface area contributed by atoms with Crippen molar-refractivity contribution in [2.45, 2.75) is 45.9 Å². The van der Waals surface area contributed by atoms with Gasteiger partial charge in [-0.25, -0.2) is 8.42 Å². The number of amides is 1. The highest BCUT2D eigenvalue weighted by Crippen LogP contribution is 2.12. The van der Waals surface area contributed by atoms with E-state index in [1.165, 1.54) is 0 Å². The number of carboxylic acids is 1. The summed E-state index contributed by atoms with van der Waals surface area (Å²) in [5.41, 5.74) is 0. The van der Waals surface area contributed by atoms with Gasteiger partial charge in [-0.05, 0) is 27.7 Å². The van der Waals surface area contributed by atoms with Crippen LogP contribution in [0.3, 0.4) is 0 Å². The summed E-state index contributed by atoms with van der Waals surface area (Å²) in [6, 6.07) is 0.186. The molecule has 9 nitrogen and oxygen atoms in total. The van der Waals surface area contributed by atoms with Crippen LogP contribution in [0, 0.1) is 0 Å². The first-order valence-corrected chi connectivity index (χ1v) is 10.6. The number of carbonyl (C=O) groups excluding carboxylic acids is 1. The van der Waals surface area contributed by atoms with Crippen LogP contribution in [0.15, 0.2) is 0 Å². The van der Waals surface area contributed by atoms with Crippen LogP contribution < -0.4 is 0 Å². The third-order valence-corrected chi connectivity index (χ3v) is 5.39. The lowest BCUT2D eigenvalue weighted by Gasteiger charge is -2.37. The SMILES string of the molecule is CC(C)N(C(=O)CN1CCOC(CN(CC(=O)O)S(C)(=O)=O)C1)C(C)C. The lowest BCUT2D eigenvalue weighted by molar-refractivity contribution is -0.138. The number of hydrogen-bond donors (Lipinski definition) is 1. The number of hydrogen-bond acceptors (Lipinski definition) is 6. The Morgan fingerprint density at radius 3 is 2.27 bits per heavy atom. The predicted octanol–water partition coefficient (Wildman–Crippen LogP) is -0.321. The van der Waals surface area contributed by atoms with Gasteiger partial charge in [0.15, 0.2) is 0 Å². The number of sulfonamides is 1. The highest BCUT2D eigenvalue weighted by Gasteiger charge is 2.30. The van der Waals surface area contributed by atoms with Gasteiger partial charge in [-0.15, -0.1) is 0 Å². The maximum absolute atomic E-state index is 12.6. The van der Waals surface area contributed by atoms with E-state index in [1.54, 1.807) is 0 Å². The Bertz CT molecular complexity index is 585. The monoisotopic (exact) mass is 393 g/mol. The Labute approximate surface area is 155 Å². The zero-order valence-corrected chi connectivity index (χ0v) is 17.0. The van der Waals surface area contributed by atoms with Gasteiger partial charge in [0.1, 0.15) is 6.54 Å². The third kappa shape index (κ3) is 7.18. The molecule has 1 unspecified atom stereocenters. The lowest BCUT2D eigenvalue weighted by Crippen LogP contribution is -2.53. The van der Waals surface area contributed by atoms with E-state index in [2.05, 4.69) is 0 Å². The van der Waals surface area contributed by atoms with Gasteiger partial charge < -0.3 is 14.7 Å². The van der Waals surface area contributed by atoms with Gasteiger partial charge in [-0.2, -0.15) is 4.31 Å². The summed E-state index contributed by atoms with van der Waals surface area (Å²) in [5.74, 6) is -1.20. The first-order valence-electron chi connectivity index (χ1n) is 8.73. The molecule has 0 aromatic rings. The van der Waals surface area contributed by atoms with Crippen molar-refractivity contribution in [2.24, 2.45) is 0 Å². The van der Waals surface area contributed by atoms with Crippen LogP contribution in [-0.2, 0) is 24.3 Å². The molecule has 0 saturated carbocycles. The van der Waals surface area contributed by atoms with Crippen molar-refractivity contribution < 1.29 is 27.9 Å². The first-order chi connectivity index (χ1) is 11.9. The largest absolute Gasteiger partial charge is 0.480 e. The molecule has 1 rings (SSSR count). The zero-order chi connectivity index (χ0) is 20.1. The maximum Gasteiger partial charge on any atom is 0.318 e. The summed E-state index contributed by atoms with van der Waals surface area (Å²) in [5, 5.41) is 8.91. The van der Waals surface area contributed by atoms with Crippen molar-refractivity contribution in [1.82, 2.24) is 14.1 Å². The smallest absolute Gasteiger partial charge is 0.318 e. The molecule has 10 heteroatoms. The number of morpholine rings is 1. The Morgan fingerprint density at radius 2 is 1.81 bits per heavy atom. The van der Waals surface area contributed by atoms with Crippen molar-refractivity contribution in [3.63, 3.8) is 0 Å². The molecule has 0 bridgehead atoms. The van der Waals surface area contributed by atoms with Crippen molar-refractivity contribution in [3.05, 3.63) is 0 Å². The lowest BCUT2D eigenvalue weighted by atomic mass is 10.2. The van der Waals surface area contributed by atoms with Gasteiger partial charge in [0.2, 0.25) is 15.9 Å². The van der Waals surface area contributed by atoms with Crippen LogP contribution in [0.4, 0.5) is 0 Å². The fourth-order valence-electron chi connectivity index (χ4n) is 3.17. The normalized spacial score (nSPS) is 19.3. The number of nitrogens with zero attached hydrogens (tertiary/aromatic N) is 3. The predicted molar refractivity (Wildman–Crippen MR) is 97.4 cm³/mol. The molecule has 0 aromatic heterocycles. The third-order valence-electron chi connectivity index (χ3n) is 4.17. The Kier molecular flexibility index (Phi) is 8.45. The van der Waals surface area contributed by atoms with Crippen LogP contribution in [0.5, 0.6) is 0 Å². The summed E-state index contributed by atoms with van der Waals surface area (Å²) in [7, 11) is -3.66. The van der Waals surface area contributed by atoms with E-state index in [4.69, 9.17) is 9.84 Å². The molecule has 1 fully saturated rings. The second kappa shape index (κ2) is 9.63. The molecule has 1 amide bonds. The van der Waals surface area contributed by atoms with E-state index in [-0.39, 0.29) is 31.1 Å². The van der Waals surface area contributed by atoms with Gasteiger partial charge in [-0.3, -0.25) is 14.5 Å². The van der Waals surface area contributed by atoms with Crippen LogP contribution in [-0.4, -0.2) is 103 Å². The first kappa shape index (κ1) is 22.8. The van der Waals surface area contributed by atoms with Crippen LogP contribution in [0.2, 0.25) is 0 Å². The molecular formula is C16H31N3O6S. The van der Waals surface area contributed by atoms with Gasteiger partial charge in [0, 0.05) is 31.7 Å². The minimum Gasteiger partial charge on any atom is -0.480 e. The molecule has 0 aromatic carbocycles. The Hall–Kier alpha value is -1.23. The molecule has 0 radical (unpaired) electrons. The quantitative estimate of drug-likeness (QED) is 0.572. The van der Waals surface area contributed by atoms with E-state index in [0.29, 0.717) is 19.7 Å². The highest BCUT2D eigenvalue weighted by molar-refractivity contribution is 7.88. The number of carbonyl (C=O) groups is 2. The molecule has 1 aliphatic heterocycles. The molecular weight excluding hydrogens is 362 g/mol. The van der Waals surface area contributed by atoms with E-state index in [9.17, 15) is 18.0 Å². The molecule has 1 aliphatic rings. The number of aliphatic carboxylic acids is 1. The Morgan fingerprint density at radius 1 is 1.23 bits per heavy atom. The van der Waals surface area contributed by atoms with E-state index in [0.717, 1.165) is 10.6 Å². The molecule has 152 valence electrons. The maximum atomic E-state index is 12.6. The summed E-state index contributed by atoms with van der Waals surface area (Å²) in [6.45, 7) is 8.77. The molecule has 0 aliphatic carbocycles. The second-order valence-electron chi connectivity index (χ2n) is 7.17. The Balaban J connectivity index is 2.71. The summed E-state index contributed by atoms with van der Waals surface area (Å²) in [4.78, 5) is 27.2. The van der Waals surface area contributed by atoms with Crippen molar-refractivity contribution in [3.8, 4) is 0 Å². The average molecular weight is 394 g/mol. The minimum absolute atomic E-state index is 0.0150. The van der Waals surface area contributed by atoms with Crippen molar-refractivity contribution in [1.29, 1.82) is 0 Å². The van der Waals surface area contributed by atoms with E-state index >= 15 is 0 Å².